The number of aromatic nitrogens is 5. The molecule has 0 amide bonds. The van der Waals surface area contributed by atoms with E-state index in [0.29, 0.717) is 5.69 Å². The van der Waals surface area contributed by atoms with Crippen molar-refractivity contribution in [3.05, 3.63) is 30.6 Å². The van der Waals surface area contributed by atoms with Gasteiger partial charge in [-0.2, -0.15) is 10.2 Å². The van der Waals surface area contributed by atoms with Gasteiger partial charge in [0, 0.05) is 18.8 Å². The minimum Gasteiger partial charge on any atom is -0.470 e. The fraction of sp³-hybridized carbons (Fsp3) is 0.438. The summed E-state index contributed by atoms with van der Waals surface area (Å²) >= 11 is 0. The van der Waals surface area contributed by atoms with E-state index in [4.69, 9.17) is 4.74 Å². The first-order chi connectivity index (χ1) is 11.5. The molecule has 0 aromatic carbocycles. The summed E-state index contributed by atoms with van der Waals surface area (Å²) in [5, 5.41) is 11.5. The summed E-state index contributed by atoms with van der Waals surface area (Å²) in [6.45, 7) is 3.78. The SMILES string of the molecule is Cn1cc(-c2cn3ncc(F)c3c(OC3(C)CCNCC3)n2)cn1. The van der Waals surface area contributed by atoms with Crippen molar-refractivity contribution in [2.75, 3.05) is 13.1 Å². The lowest BCUT2D eigenvalue weighted by molar-refractivity contribution is 0.0520. The third kappa shape index (κ3) is 2.62. The van der Waals surface area contributed by atoms with Crippen molar-refractivity contribution in [2.24, 2.45) is 7.05 Å². The Labute approximate surface area is 138 Å². The molecule has 0 aliphatic carbocycles. The molecule has 1 aliphatic heterocycles. The molecule has 0 atom stereocenters. The zero-order chi connectivity index (χ0) is 16.7. The second kappa shape index (κ2) is 5.55. The van der Waals surface area contributed by atoms with Crippen molar-refractivity contribution in [2.45, 2.75) is 25.4 Å². The third-order valence-electron chi connectivity index (χ3n) is 4.42. The van der Waals surface area contributed by atoms with Gasteiger partial charge in [0.2, 0.25) is 5.88 Å². The van der Waals surface area contributed by atoms with Gasteiger partial charge in [-0.3, -0.25) is 4.68 Å². The van der Waals surface area contributed by atoms with Gasteiger partial charge in [0.25, 0.3) is 0 Å². The zero-order valence-electron chi connectivity index (χ0n) is 13.7. The van der Waals surface area contributed by atoms with E-state index in [9.17, 15) is 4.39 Å². The summed E-state index contributed by atoms with van der Waals surface area (Å²) in [6.07, 6.45) is 8.12. The minimum atomic E-state index is -0.437. The Kier molecular flexibility index (Phi) is 3.49. The zero-order valence-corrected chi connectivity index (χ0v) is 13.7. The Morgan fingerprint density at radius 2 is 2.00 bits per heavy atom. The van der Waals surface area contributed by atoms with E-state index in [1.807, 2.05) is 20.2 Å². The molecule has 4 heterocycles. The van der Waals surface area contributed by atoms with Crippen LogP contribution >= 0.6 is 0 Å². The van der Waals surface area contributed by atoms with E-state index in [2.05, 4.69) is 20.5 Å². The van der Waals surface area contributed by atoms with E-state index < -0.39 is 5.82 Å². The highest BCUT2D eigenvalue weighted by molar-refractivity contribution is 5.64. The number of hydrogen-bond acceptors (Lipinski definition) is 5. The number of aryl methyl sites for hydroxylation is 1. The summed E-state index contributed by atoms with van der Waals surface area (Å²) in [7, 11) is 1.84. The van der Waals surface area contributed by atoms with Crippen molar-refractivity contribution >= 4 is 5.52 Å². The normalized spacial score (nSPS) is 17.3. The number of nitrogens with one attached hydrogen (secondary N) is 1. The lowest BCUT2D eigenvalue weighted by Gasteiger charge is -2.34. The van der Waals surface area contributed by atoms with Crippen molar-refractivity contribution in [3.63, 3.8) is 0 Å². The summed E-state index contributed by atoms with van der Waals surface area (Å²) in [5.74, 6) is -0.163. The molecule has 24 heavy (non-hydrogen) atoms. The fourth-order valence-corrected chi connectivity index (χ4v) is 3.00. The Balaban J connectivity index is 1.81. The molecular formula is C16H19FN6O. The Morgan fingerprint density at radius 3 is 2.71 bits per heavy atom. The first-order valence-corrected chi connectivity index (χ1v) is 7.97. The van der Waals surface area contributed by atoms with E-state index in [1.54, 1.807) is 17.1 Å². The molecule has 8 heteroatoms. The van der Waals surface area contributed by atoms with Crippen molar-refractivity contribution in [1.82, 2.24) is 29.7 Å². The lowest BCUT2D eigenvalue weighted by atomic mass is 9.94. The van der Waals surface area contributed by atoms with Gasteiger partial charge in [0.15, 0.2) is 11.3 Å². The molecule has 3 aromatic rings. The smallest absolute Gasteiger partial charge is 0.244 e. The summed E-state index contributed by atoms with van der Waals surface area (Å²) in [5.41, 5.74) is 1.37. The first kappa shape index (κ1) is 15.1. The van der Waals surface area contributed by atoms with E-state index in [-0.39, 0.29) is 17.0 Å². The third-order valence-corrected chi connectivity index (χ3v) is 4.42. The molecule has 0 radical (unpaired) electrons. The summed E-state index contributed by atoms with van der Waals surface area (Å²) < 4.78 is 23.5. The maximum absolute atomic E-state index is 14.2. The molecule has 0 bridgehead atoms. The second-order valence-electron chi connectivity index (χ2n) is 6.42. The van der Waals surface area contributed by atoms with Crippen LogP contribution in [-0.2, 0) is 7.05 Å². The van der Waals surface area contributed by atoms with Crippen LogP contribution in [-0.4, -0.2) is 43.1 Å². The first-order valence-electron chi connectivity index (χ1n) is 7.97. The van der Waals surface area contributed by atoms with Crippen LogP contribution in [0.4, 0.5) is 4.39 Å². The van der Waals surface area contributed by atoms with E-state index in [0.717, 1.165) is 31.5 Å². The van der Waals surface area contributed by atoms with Crippen LogP contribution in [0.2, 0.25) is 0 Å². The van der Waals surface area contributed by atoms with Crippen LogP contribution in [0.5, 0.6) is 5.88 Å². The van der Waals surface area contributed by atoms with Gasteiger partial charge in [-0.05, 0) is 32.9 Å². The van der Waals surface area contributed by atoms with Gasteiger partial charge < -0.3 is 10.1 Å². The van der Waals surface area contributed by atoms with Crippen LogP contribution in [0.3, 0.4) is 0 Å². The van der Waals surface area contributed by atoms with E-state index >= 15 is 0 Å². The molecule has 0 unspecified atom stereocenters. The number of hydrogen-bond donors (Lipinski definition) is 1. The standard InChI is InChI=1S/C16H19FN6O/c1-16(3-5-18-6-4-16)24-15-14-12(17)8-20-23(14)10-13(21-15)11-7-19-22(2)9-11/h7-10,18H,3-6H2,1-2H3. The predicted octanol–water partition coefficient (Wildman–Crippen LogP) is 1.79. The lowest BCUT2D eigenvalue weighted by Crippen LogP contribution is -2.44. The van der Waals surface area contributed by atoms with Gasteiger partial charge in [0.1, 0.15) is 5.60 Å². The number of rotatable bonds is 3. The highest BCUT2D eigenvalue weighted by atomic mass is 19.1. The van der Waals surface area contributed by atoms with Gasteiger partial charge in [-0.15, -0.1) is 0 Å². The molecule has 126 valence electrons. The quantitative estimate of drug-likeness (QED) is 0.793. The van der Waals surface area contributed by atoms with Crippen LogP contribution in [0, 0.1) is 5.82 Å². The van der Waals surface area contributed by atoms with Gasteiger partial charge in [0.05, 0.1) is 24.3 Å². The maximum atomic E-state index is 14.2. The number of nitrogens with zero attached hydrogens (tertiary/aromatic N) is 5. The Hall–Kier alpha value is -2.48. The number of halogens is 1. The number of fused-ring (bicyclic) bond motifs is 1. The number of piperidine rings is 1. The van der Waals surface area contributed by atoms with Crippen molar-refractivity contribution in [3.8, 4) is 17.1 Å². The molecule has 1 fully saturated rings. The Morgan fingerprint density at radius 1 is 1.21 bits per heavy atom. The van der Waals surface area contributed by atoms with Crippen molar-refractivity contribution < 1.29 is 9.13 Å². The minimum absolute atomic E-state index is 0.266. The number of ether oxygens (including phenoxy) is 1. The molecule has 0 spiro atoms. The van der Waals surface area contributed by atoms with E-state index in [1.165, 1.54) is 10.7 Å². The molecule has 1 aliphatic rings. The highest BCUT2D eigenvalue weighted by Gasteiger charge is 2.31. The van der Waals surface area contributed by atoms with Gasteiger partial charge in [-0.25, -0.2) is 13.9 Å². The van der Waals surface area contributed by atoms with Gasteiger partial charge in [-0.1, -0.05) is 0 Å². The molecular weight excluding hydrogens is 311 g/mol. The summed E-state index contributed by atoms with van der Waals surface area (Å²) in [4.78, 5) is 4.56. The summed E-state index contributed by atoms with van der Waals surface area (Å²) in [6, 6.07) is 0. The van der Waals surface area contributed by atoms with Crippen LogP contribution < -0.4 is 10.1 Å². The second-order valence-corrected chi connectivity index (χ2v) is 6.42. The van der Waals surface area contributed by atoms with Gasteiger partial charge >= 0.3 is 0 Å². The monoisotopic (exact) mass is 330 g/mol. The largest absolute Gasteiger partial charge is 0.470 e. The molecule has 1 saturated heterocycles. The average Bonchev–Trinajstić information content (AvgIpc) is 3.14. The van der Waals surface area contributed by atoms with Crippen molar-refractivity contribution in [1.29, 1.82) is 0 Å². The molecule has 7 nitrogen and oxygen atoms in total. The molecule has 3 aromatic heterocycles. The molecule has 4 rings (SSSR count). The molecule has 0 saturated carbocycles. The maximum Gasteiger partial charge on any atom is 0.244 e. The topological polar surface area (TPSA) is 69.3 Å². The van der Waals surface area contributed by atoms with Crippen LogP contribution in [0.1, 0.15) is 19.8 Å². The fourth-order valence-electron chi connectivity index (χ4n) is 3.00. The van der Waals surface area contributed by atoms with Crippen LogP contribution in [0.25, 0.3) is 16.8 Å². The predicted molar refractivity (Wildman–Crippen MR) is 86.3 cm³/mol. The van der Waals surface area contributed by atoms with Crippen LogP contribution in [0.15, 0.2) is 24.8 Å². The molecule has 1 N–H and O–H groups in total. The Bertz CT molecular complexity index is 880. The highest BCUT2D eigenvalue weighted by Crippen LogP contribution is 2.31. The average molecular weight is 330 g/mol.